The molecule has 0 aromatic carbocycles. The van der Waals surface area contributed by atoms with E-state index in [0.29, 0.717) is 5.92 Å². The first-order valence-electron chi connectivity index (χ1n) is 2.62. The third-order valence-electron chi connectivity index (χ3n) is 0.471. The topological polar surface area (TPSA) is 83.6 Å². The molecular weight excluding hydrogens is 122 g/mol. The number of nitrogens with two attached hydrogens (primary N) is 1. The van der Waals surface area contributed by atoms with Crippen molar-refractivity contribution in [1.82, 2.24) is 0 Å². The molecule has 0 radical (unpaired) electrons. The van der Waals surface area contributed by atoms with Crippen LogP contribution in [-0.4, -0.2) is 22.9 Å². The quantitative estimate of drug-likeness (QED) is 0.497. The van der Waals surface area contributed by atoms with Crippen LogP contribution in [0.2, 0.25) is 0 Å². The van der Waals surface area contributed by atoms with Crippen molar-refractivity contribution in [3.63, 3.8) is 0 Å². The molecule has 0 heterocycles. The Labute approximate surface area is 54.3 Å². The third-order valence-corrected chi connectivity index (χ3v) is 0.471. The van der Waals surface area contributed by atoms with Crippen LogP contribution < -0.4 is 5.73 Å². The summed E-state index contributed by atoms with van der Waals surface area (Å²) in [5.74, 6) is 0.662. The first kappa shape index (κ1) is 11.1. The van der Waals surface area contributed by atoms with Gasteiger partial charge < -0.3 is 15.9 Å². The van der Waals surface area contributed by atoms with Crippen LogP contribution in [0.15, 0.2) is 0 Å². The van der Waals surface area contributed by atoms with Crippen molar-refractivity contribution in [2.75, 3.05) is 6.54 Å². The van der Waals surface area contributed by atoms with Crippen molar-refractivity contribution in [3.05, 3.63) is 0 Å². The Morgan fingerprint density at radius 3 is 1.67 bits per heavy atom. The predicted molar refractivity (Wildman–Crippen MR) is 34.5 cm³/mol. The standard InChI is InChI=1S/C4H11N.CH2O3/c1-4(2)3-5;2-1(3)4/h4H,3,5H2,1-2H3;(H2,2,3,4). The van der Waals surface area contributed by atoms with Gasteiger partial charge in [-0.25, -0.2) is 4.79 Å². The number of hydrogen-bond donors (Lipinski definition) is 3. The summed E-state index contributed by atoms with van der Waals surface area (Å²) in [6.45, 7) is 5.00. The van der Waals surface area contributed by atoms with Gasteiger partial charge >= 0.3 is 6.16 Å². The van der Waals surface area contributed by atoms with E-state index in [1.165, 1.54) is 0 Å². The molecule has 0 bridgehead atoms. The van der Waals surface area contributed by atoms with Crippen LogP contribution in [0.3, 0.4) is 0 Å². The lowest BCUT2D eigenvalue weighted by Gasteiger charge is -1.91. The summed E-state index contributed by atoms with van der Waals surface area (Å²) in [5.41, 5.74) is 5.17. The van der Waals surface area contributed by atoms with E-state index in [1.807, 2.05) is 0 Å². The Bertz CT molecular complexity index is 68.6. The maximum atomic E-state index is 8.56. The maximum Gasteiger partial charge on any atom is 0.503 e. The van der Waals surface area contributed by atoms with E-state index in [1.54, 1.807) is 0 Å². The molecule has 56 valence electrons. The van der Waals surface area contributed by atoms with Crippen molar-refractivity contribution < 1.29 is 15.0 Å². The number of carbonyl (C=O) groups is 1. The number of hydrogen-bond acceptors (Lipinski definition) is 2. The second-order valence-electron chi connectivity index (χ2n) is 1.91. The molecule has 0 aliphatic heterocycles. The highest BCUT2D eigenvalue weighted by atomic mass is 16.6. The molecule has 4 nitrogen and oxygen atoms in total. The fraction of sp³-hybridized carbons (Fsp3) is 0.800. The van der Waals surface area contributed by atoms with Gasteiger partial charge in [-0.05, 0) is 12.5 Å². The SMILES string of the molecule is CC(C)CN.O=C(O)O. The number of rotatable bonds is 1. The van der Waals surface area contributed by atoms with Gasteiger partial charge in [-0.2, -0.15) is 0 Å². The summed E-state index contributed by atoms with van der Waals surface area (Å²) in [7, 11) is 0. The van der Waals surface area contributed by atoms with E-state index in [4.69, 9.17) is 20.7 Å². The molecule has 0 saturated carbocycles. The Morgan fingerprint density at radius 2 is 1.67 bits per heavy atom. The van der Waals surface area contributed by atoms with Crippen LogP contribution in [0.4, 0.5) is 4.79 Å². The summed E-state index contributed by atoms with van der Waals surface area (Å²) in [6.07, 6.45) is -1.83. The minimum atomic E-state index is -1.83. The molecule has 4 N–H and O–H groups in total. The van der Waals surface area contributed by atoms with Crippen LogP contribution in [-0.2, 0) is 0 Å². The molecule has 0 saturated heterocycles. The monoisotopic (exact) mass is 135 g/mol. The average Bonchev–Trinajstić information content (AvgIpc) is 1.65. The summed E-state index contributed by atoms with van der Waals surface area (Å²) >= 11 is 0. The normalized spacial score (nSPS) is 8.00. The molecule has 0 atom stereocenters. The molecule has 0 rings (SSSR count). The molecule has 9 heavy (non-hydrogen) atoms. The Kier molecular flexibility index (Phi) is 8.90. The average molecular weight is 135 g/mol. The summed E-state index contributed by atoms with van der Waals surface area (Å²) in [4.78, 5) is 8.56. The molecule has 0 aromatic heterocycles. The van der Waals surface area contributed by atoms with E-state index in [9.17, 15) is 0 Å². The van der Waals surface area contributed by atoms with Crippen molar-refractivity contribution in [1.29, 1.82) is 0 Å². The van der Waals surface area contributed by atoms with Gasteiger partial charge in [-0.1, -0.05) is 13.8 Å². The van der Waals surface area contributed by atoms with Crippen LogP contribution in [0.5, 0.6) is 0 Å². The largest absolute Gasteiger partial charge is 0.503 e. The lowest BCUT2D eigenvalue weighted by atomic mass is 10.2. The van der Waals surface area contributed by atoms with Gasteiger partial charge in [0.25, 0.3) is 0 Å². The fourth-order valence-corrected chi connectivity index (χ4v) is 0. The van der Waals surface area contributed by atoms with Gasteiger partial charge in [-0.3, -0.25) is 0 Å². The summed E-state index contributed by atoms with van der Waals surface area (Å²) in [6, 6.07) is 0. The van der Waals surface area contributed by atoms with E-state index >= 15 is 0 Å². The van der Waals surface area contributed by atoms with E-state index in [0.717, 1.165) is 6.54 Å². The summed E-state index contributed by atoms with van der Waals surface area (Å²) < 4.78 is 0. The molecule has 0 aliphatic carbocycles. The molecule has 0 aliphatic rings. The highest BCUT2D eigenvalue weighted by Crippen LogP contribution is 1.81. The van der Waals surface area contributed by atoms with Crippen LogP contribution in [0, 0.1) is 5.92 Å². The van der Waals surface area contributed by atoms with Crippen molar-refractivity contribution >= 4 is 6.16 Å². The van der Waals surface area contributed by atoms with Gasteiger partial charge in [0.05, 0.1) is 0 Å². The molecule has 0 unspecified atom stereocenters. The van der Waals surface area contributed by atoms with E-state index in [2.05, 4.69) is 13.8 Å². The highest BCUT2D eigenvalue weighted by molar-refractivity contribution is 5.53. The molecule has 0 aromatic rings. The van der Waals surface area contributed by atoms with Gasteiger partial charge in [0.15, 0.2) is 0 Å². The van der Waals surface area contributed by atoms with Crippen LogP contribution in [0.1, 0.15) is 13.8 Å². The molecular formula is C5H13NO3. The Hall–Kier alpha value is -0.770. The fourth-order valence-electron chi connectivity index (χ4n) is 0. The minimum Gasteiger partial charge on any atom is -0.450 e. The molecule has 4 heteroatoms. The zero-order valence-electron chi connectivity index (χ0n) is 5.66. The lowest BCUT2D eigenvalue weighted by molar-refractivity contribution is 0.137. The van der Waals surface area contributed by atoms with Gasteiger partial charge in [0.2, 0.25) is 0 Å². The second-order valence-corrected chi connectivity index (χ2v) is 1.91. The maximum absolute atomic E-state index is 8.56. The zero-order valence-corrected chi connectivity index (χ0v) is 5.66. The number of carboxylic acid groups (broad SMARTS) is 2. The third kappa shape index (κ3) is 131. The van der Waals surface area contributed by atoms with Crippen LogP contribution in [0.25, 0.3) is 0 Å². The zero-order chi connectivity index (χ0) is 7.86. The highest BCUT2D eigenvalue weighted by Gasteiger charge is 1.80. The Morgan fingerprint density at radius 1 is 1.56 bits per heavy atom. The first-order valence-corrected chi connectivity index (χ1v) is 2.62. The lowest BCUT2D eigenvalue weighted by Crippen LogP contribution is -2.05. The van der Waals surface area contributed by atoms with Gasteiger partial charge in [0, 0.05) is 0 Å². The second kappa shape index (κ2) is 7.23. The minimum absolute atomic E-state index is 0.662. The smallest absolute Gasteiger partial charge is 0.450 e. The summed E-state index contributed by atoms with van der Waals surface area (Å²) in [5, 5.41) is 13.9. The molecule has 0 amide bonds. The van der Waals surface area contributed by atoms with Gasteiger partial charge in [0.1, 0.15) is 0 Å². The molecule has 0 fully saturated rings. The van der Waals surface area contributed by atoms with Crippen molar-refractivity contribution in [3.8, 4) is 0 Å². The van der Waals surface area contributed by atoms with E-state index in [-0.39, 0.29) is 0 Å². The molecule has 0 spiro atoms. The van der Waals surface area contributed by atoms with Crippen molar-refractivity contribution in [2.45, 2.75) is 13.8 Å². The van der Waals surface area contributed by atoms with Crippen molar-refractivity contribution in [2.24, 2.45) is 11.7 Å². The predicted octanol–water partition coefficient (Wildman–Crippen LogP) is 0.824. The Balaban J connectivity index is 0. The van der Waals surface area contributed by atoms with E-state index < -0.39 is 6.16 Å². The van der Waals surface area contributed by atoms with Gasteiger partial charge in [-0.15, -0.1) is 0 Å². The first-order chi connectivity index (χ1) is 4.00. The van der Waals surface area contributed by atoms with Crippen LogP contribution >= 0.6 is 0 Å².